The van der Waals surface area contributed by atoms with E-state index in [0.717, 1.165) is 5.56 Å². The number of hydrogen-bond donors (Lipinski definition) is 3. The number of amides is 2. The number of phenols is 1. The van der Waals surface area contributed by atoms with Crippen LogP contribution in [0.1, 0.15) is 29.3 Å². The summed E-state index contributed by atoms with van der Waals surface area (Å²) in [6, 6.07) is 10.9. The SMILES string of the molecule is COc1ccc(CCC(=O)OC(C)C(=O)Nc2ccc(C(N)=O)cc2)cc1O. The van der Waals surface area contributed by atoms with Crippen LogP contribution < -0.4 is 15.8 Å². The van der Waals surface area contributed by atoms with Crippen molar-refractivity contribution in [2.24, 2.45) is 5.73 Å². The van der Waals surface area contributed by atoms with Crippen molar-refractivity contribution in [3.05, 3.63) is 53.6 Å². The van der Waals surface area contributed by atoms with Gasteiger partial charge in [-0.25, -0.2) is 0 Å². The molecule has 0 aliphatic rings. The number of benzene rings is 2. The monoisotopic (exact) mass is 386 g/mol. The van der Waals surface area contributed by atoms with Gasteiger partial charge < -0.3 is 25.6 Å². The van der Waals surface area contributed by atoms with Crippen LogP contribution >= 0.6 is 0 Å². The fourth-order valence-corrected chi connectivity index (χ4v) is 2.41. The molecule has 0 saturated heterocycles. The van der Waals surface area contributed by atoms with Crippen LogP contribution in [0.3, 0.4) is 0 Å². The van der Waals surface area contributed by atoms with Crippen LogP contribution in [0.5, 0.6) is 11.5 Å². The van der Waals surface area contributed by atoms with Crippen LogP contribution in [0.2, 0.25) is 0 Å². The van der Waals surface area contributed by atoms with Gasteiger partial charge >= 0.3 is 5.97 Å². The van der Waals surface area contributed by atoms with E-state index in [4.69, 9.17) is 15.2 Å². The number of aromatic hydroxyl groups is 1. The lowest BCUT2D eigenvalue weighted by Gasteiger charge is -2.14. The number of esters is 1. The number of rotatable bonds is 8. The zero-order chi connectivity index (χ0) is 20.7. The molecule has 8 heteroatoms. The minimum atomic E-state index is -0.993. The molecule has 2 aromatic rings. The molecule has 2 rings (SSSR count). The fraction of sp³-hybridized carbons (Fsp3) is 0.250. The van der Waals surface area contributed by atoms with Crippen molar-refractivity contribution in [1.29, 1.82) is 0 Å². The fourth-order valence-electron chi connectivity index (χ4n) is 2.41. The number of anilines is 1. The van der Waals surface area contributed by atoms with Crippen molar-refractivity contribution in [3.8, 4) is 11.5 Å². The van der Waals surface area contributed by atoms with Gasteiger partial charge in [0, 0.05) is 17.7 Å². The Morgan fingerprint density at radius 3 is 2.39 bits per heavy atom. The summed E-state index contributed by atoms with van der Waals surface area (Å²) < 4.78 is 10.1. The summed E-state index contributed by atoms with van der Waals surface area (Å²) in [5.74, 6) is -1.27. The lowest BCUT2D eigenvalue weighted by atomic mass is 10.1. The molecule has 0 heterocycles. The summed E-state index contributed by atoms with van der Waals surface area (Å²) in [5, 5.41) is 12.3. The Labute approximate surface area is 162 Å². The summed E-state index contributed by atoms with van der Waals surface area (Å²) in [6.45, 7) is 1.46. The first-order valence-electron chi connectivity index (χ1n) is 8.56. The van der Waals surface area contributed by atoms with E-state index in [1.807, 2.05) is 0 Å². The van der Waals surface area contributed by atoms with E-state index in [1.165, 1.54) is 44.4 Å². The molecular weight excluding hydrogens is 364 g/mol. The molecule has 28 heavy (non-hydrogen) atoms. The molecule has 4 N–H and O–H groups in total. The average Bonchev–Trinajstić information content (AvgIpc) is 2.66. The Bertz CT molecular complexity index is 863. The van der Waals surface area contributed by atoms with E-state index in [2.05, 4.69) is 5.32 Å². The van der Waals surface area contributed by atoms with Crippen LogP contribution in [0.25, 0.3) is 0 Å². The highest BCUT2D eigenvalue weighted by Gasteiger charge is 2.18. The lowest BCUT2D eigenvalue weighted by Crippen LogP contribution is -2.30. The van der Waals surface area contributed by atoms with Crippen molar-refractivity contribution in [2.75, 3.05) is 12.4 Å². The van der Waals surface area contributed by atoms with Crippen molar-refractivity contribution in [2.45, 2.75) is 25.9 Å². The van der Waals surface area contributed by atoms with Crippen molar-refractivity contribution < 1.29 is 29.0 Å². The van der Waals surface area contributed by atoms with Crippen molar-refractivity contribution in [3.63, 3.8) is 0 Å². The standard InChI is InChI=1S/C20H22N2O6/c1-12(20(26)22-15-7-5-14(6-8-15)19(21)25)28-18(24)10-4-13-3-9-17(27-2)16(23)11-13/h3,5-9,11-12,23H,4,10H2,1-2H3,(H2,21,25)(H,22,26). The van der Waals surface area contributed by atoms with E-state index in [0.29, 0.717) is 23.4 Å². The maximum absolute atomic E-state index is 12.1. The van der Waals surface area contributed by atoms with E-state index >= 15 is 0 Å². The number of ether oxygens (including phenoxy) is 2. The number of hydrogen-bond acceptors (Lipinski definition) is 6. The highest BCUT2D eigenvalue weighted by Crippen LogP contribution is 2.26. The zero-order valence-corrected chi connectivity index (χ0v) is 15.6. The van der Waals surface area contributed by atoms with Crippen LogP contribution in [0.4, 0.5) is 5.69 Å². The van der Waals surface area contributed by atoms with Crippen LogP contribution in [-0.4, -0.2) is 36.1 Å². The van der Waals surface area contributed by atoms with Crippen LogP contribution in [0, 0.1) is 0 Å². The molecule has 148 valence electrons. The van der Waals surface area contributed by atoms with Gasteiger partial charge in [-0.3, -0.25) is 14.4 Å². The molecule has 0 bridgehead atoms. The molecule has 0 aromatic heterocycles. The smallest absolute Gasteiger partial charge is 0.306 e. The molecule has 1 atom stereocenters. The van der Waals surface area contributed by atoms with Gasteiger partial charge in [0.25, 0.3) is 5.91 Å². The van der Waals surface area contributed by atoms with Gasteiger partial charge in [0.05, 0.1) is 7.11 Å². The lowest BCUT2D eigenvalue weighted by molar-refractivity contribution is -0.153. The highest BCUT2D eigenvalue weighted by molar-refractivity contribution is 5.96. The molecular formula is C20H22N2O6. The number of primary amides is 1. The minimum absolute atomic E-state index is 0.0107. The molecule has 8 nitrogen and oxygen atoms in total. The highest BCUT2D eigenvalue weighted by atomic mass is 16.5. The number of aryl methyl sites for hydroxylation is 1. The topological polar surface area (TPSA) is 128 Å². The number of carbonyl (C=O) groups excluding carboxylic acids is 3. The summed E-state index contributed by atoms with van der Waals surface area (Å²) >= 11 is 0. The third-order valence-electron chi connectivity index (χ3n) is 3.98. The second kappa shape index (κ2) is 9.40. The molecule has 0 aliphatic carbocycles. The Hall–Kier alpha value is -3.55. The largest absolute Gasteiger partial charge is 0.504 e. The summed E-state index contributed by atoms with van der Waals surface area (Å²) in [7, 11) is 1.45. The molecule has 2 amide bonds. The van der Waals surface area contributed by atoms with E-state index < -0.39 is 23.9 Å². The summed E-state index contributed by atoms with van der Waals surface area (Å²) in [6.07, 6.45) is -0.594. The van der Waals surface area contributed by atoms with Gasteiger partial charge in [0.2, 0.25) is 5.91 Å². The quantitative estimate of drug-likeness (QED) is 0.595. The van der Waals surface area contributed by atoms with Crippen LogP contribution in [0.15, 0.2) is 42.5 Å². The third kappa shape index (κ3) is 5.73. The average molecular weight is 386 g/mol. The maximum Gasteiger partial charge on any atom is 0.306 e. The van der Waals surface area contributed by atoms with Crippen LogP contribution in [-0.2, 0) is 20.7 Å². The normalized spacial score (nSPS) is 11.4. The number of nitrogens with one attached hydrogen (secondary N) is 1. The molecule has 0 spiro atoms. The van der Waals surface area contributed by atoms with Gasteiger partial charge in [-0.2, -0.15) is 0 Å². The summed E-state index contributed by atoms with van der Waals surface area (Å²) in [4.78, 5) is 35.1. The predicted octanol–water partition coefficient (Wildman–Crippen LogP) is 2.00. The first-order valence-corrected chi connectivity index (χ1v) is 8.56. The Morgan fingerprint density at radius 1 is 1.14 bits per heavy atom. The molecule has 0 fully saturated rings. The van der Waals surface area contributed by atoms with Crippen molar-refractivity contribution in [1.82, 2.24) is 0 Å². The van der Waals surface area contributed by atoms with E-state index in [-0.39, 0.29) is 12.2 Å². The molecule has 0 aliphatic heterocycles. The van der Waals surface area contributed by atoms with Gasteiger partial charge in [0.1, 0.15) is 0 Å². The van der Waals surface area contributed by atoms with Gasteiger partial charge in [0.15, 0.2) is 17.6 Å². The van der Waals surface area contributed by atoms with Gasteiger partial charge in [-0.15, -0.1) is 0 Å². The number of methoxy groups -OCH3 is 1. The third-order valence-corrected chi connectivity index (χ3v) is 3.98. The first-order chi connectivity index (χ1) is 13.3. The van der Waals surface area contributed by atoms with Gasteiger partial charge in [-0.05, 0) is 55.3 Å². The van der Waals surface area contributed by atoms with E-state index in [1.54, 1.807) is 12.1 Å². The number of nitrogens with two attached hydrogens (primary N) is 1. The second-order valence-corrected chi connectivity index (χ2v) is 6.07. The molecule has 2 aromatic carbocycles. The first kappa shape index (κ1) is 20.8. The van der Waals surface area contributed by atoms with E-state index in [9.17, 15) is 19.5 Å². The predicted molar refractivity (Wildman–Crippen MR) is 102 cm³/mol. The molecule has 0 radical (unpaired) electrons. The number of phenolic OH excluding ortho intramolecular Hbond substituents is 1. The Morgan fingerprint density at radius 2 is 1.82 bits per heavy atom. The Balaban J connectivity index is 1.83. The molecule has 0 saturated carbocycles. The zero-order valence-electron chi connectivity index (χ0n) is 15.6. The molecule has 1 unspecified atom stereocenters. The maximum atomic E-state index is 12.1. The Kier molecular flexibility index (Phi) is 6.97. The summed E-state index contributed by atoms with van der Waals surface area (Å²) in [5.41, 5.74) is 6.67. The second-order valence-electron chi connectivity index (χ2n) is 6.07. The van der Waals surface area contributed by atoms with Crippen molar-refractivity contribution >= 4 is 23.5 Å². The number of carbonyl (C=O) groups is 3. The minimum Gasteiger partial charge on any atom is -0.504 e. The van der Waals surface area contributed by atoms with Gasteiger partial charge in [-0.1, -0.05) is 6.07 Å².